The summed E-state index contributed by atoms with van der Waals surface area (Å²) < 4.78 is 5.99. The van der Waals surface area contributed by atoms with Gasteiger partial charge in [-0.15, -0.1) is 12.4 Å². The summed E-state index contributed by atoms with van der Waals surface area (Å²) in [6.45, 7) is 3.86. The predicted molar refractivity (Wildman–Crippen MR) is 99.1 cm³/mol. The van der Waals surface area contributed by atoms with Crippen LogP contribution in [0.15, 0.2) is 40.8 Å². The maximum atomic E-state index is 12.6. The van der Waals surface area contributed by atoms with E-state index >= 15 is 0 Å². The Hall–Kier alpha value is -2.04. The molecule has 4 nitrogen and oxygen atoms in total. The summed E-state index contributed by atoms with van der Waals surface area (Å²) in [4.78, 5) is 12.6. The molecule has 1 aromatic heterocycles. The molecule has 126 valence electrons. The van der Waals surface area contributed by atoms with Crippen LogP contribution in [0, 0.1) is 6.92 Å². The van der Waals surface area contributed by atoms with Crippen LogP contribution in [0.25, 0.3) is 21.7 Å². The molecule has 2 heterocycles. The number of carbonyl (C=O) groups excluding carboxylic acids is 1. The van der Waals surface area contributed by atoms with Gasteiger partial charge in [0.15, 0.2) is 5.76 Å². The maximum absolute atomic E-state index is 12.6. The number of nitrogens with one attached hydrogen (secondary N) is 2. The van der Waals surface area contributed by atoms with Gasteiger partial charge in [0.25, 0.3) is 5.91 Å². The Morgan fingerprint density at radius 2 is 1.88 bits per heavy atom. The van der Waals surface area contributed by atoms with Crippen molar-refractivity contribution in [2.45, 2.75) is 25.8 Å². The minimum Gasteiger partial charge on any atom is -0.450 e. The van der Waals surface area contributed by atoms with Gasteiger partial charge in [-0.05, 0) is 38.2 Å². The van der Waals surface area contributed by atoms with Crippen LogP contribution >= 0.6 is 12.4 Å². The zero-order valence-electron chi connectivity index (χ0n) is 13.6. The van der Waals surface area contributed by atoms with E-state index in [9.17, 15) is 4.79 Å². The molecule has 5 heteroatoms. The molecule has 0 aliphatic carbocycles. The van der Waals surface area contributed by atoms with Crippen molar-refractivity contribution in [3.05, 3.63) is 47.7 Å². The second-order valence-corrected chi connectivity index (χ2v) is 6.22. The number of fused-ring (bicyclic) bond motifs is 3. The molecule has 1 amide bonds. The van der Waals surface area contributed by atoms with Crippen molar-refractivity contribution < 1.29 is 9.21 Å². The molecule has 0 spiro atoms. The molecule has 1 saturated heterocycles. The molecule has 1 aliphatic heterocycles. The van der Waals surface area contributed by atoms with E-state index in [4.69, 9.17) is 4.42 Å². The zero-order valence-corrected chi connectivity index (χ0v) is 14.4. The van der Waals surface area contributed by atoms with E-state index < -0.39 is 0 Å². The van der Waals surface area contributed by atoms with E-state index in [0.29, 0.717) is 5.76 Å². The van der Waals surface area contributed by atoms with Gasteiger partial charge in [-0.2, -0.15) is 0 Å². The monoisotopic (exact) mass is 344 g/mol. The molecule has 0 atom stereocenters. The molecule has 0 saturated carbocycles. The minimum atomic E-state index is -0.102. The Bertz CT molecular complexity index is 882. The number of halogens is 1. The van der Waals surface area contributed by atoms with Gasteiger partial charge in [0.2, 0.25) is 0 Å². The van der Waals surface area contributed by atoms with Gasteiger partial charge in [0.1, 0.15) is 5.58 Å². The van der Waals surface area contributed by atoms with Crippen molar-refractivity contribution in [2.75, 3.05) is 13.1 Å². The number of carbonyl (C=O) groups is 1. The van der Waals surface area contributed by atoms with E-state index in [1.165, 1.54) is 0 Å². The smallest absolute Gasteiger partial charge is 0.287 e. The number of benzene rings is 2. The minimum absolute atomic E-state index is 0. The standard InChI is InChI=1S/C19H20N2O2.ClH/c1-12-15-7-6-13-4-2-3-5-16(13)18(15)23-17(12)19(22)21-14-8-10-20-11-9-14;/h2-7,14,20H,8-11H2,1H3,(H,21,22);1H. The fourth-order valence-corrected chi connectivity index (χ4v) is 3.38. The molecule has 3 aromatic rings. The van der Waals surface area contributed by atoms with Crippen molar-refractivity contribution in [1.29, 1.82) is 0 Å². The fourth-order valence-electron chi connectivity index (χ4n) is 3.38. The molecule has 1 fully saturated rings. The molecule has 0 unspecified atom stereocenters. The molecule has 24 heavy (non-hydrogen) atoms. The first-order valence-corrected chi connectivity index (χ1v) is 8.16. The van der Waals surface area contributed by atoms with Gasteiger partial charge in [-0.1, -0.05) is 36.4 Å². The fraction of sp³-hybridized carbons (Fsp3) is 0.316. The third-order valence-corrected chi connectivity index (χ3v) is 4.71. The van der Waals surface area contributed by atoms with Crippen LogP contribution in [0.1, 0.15) is 29.0 Å². The zero-order chi connectivity index (χ0) is 15.8. The predicted octanol–water partition coefficient (Wildman–Crippen LogP) is 3.80. The highest BCUT2D eigenvalue weighted by atomic mass is 35.5. The summed E-state index contributed by atoms with van der Waals surface area (Å²) >= 11 is 0. The molecule has 4 rings (SSSR count). The maximum Gasteiger partial charge on any atom is 0.287 e. The lowest BCUT2D eigenvalue weighted by Gasteiger charge is -2.23. The Balaban J connectivity index is 0.00000169. The average molecular weight is 345 g/mol. The summed E-state index contributed by atoms with van der Waals surface area (Å²) in [5.41, 5.74) is 1.72. The van der Waals surface area contributed by atoms with Gasteiger partial charge in [-0.25, -0.2) is 0 Å². The molecule has 0 radical (unpaired) electrons. The second kappa shape index (κ2) is 6.83. The third kappa shape index (κ3) is 2.87. The van der Waals surface area contributed by atoms with Crippen LogP contribution in [0.4, 0.5) is 0 Å². The van der Waals surface area contributed by atoms with Crippen LogP contribution < -0.4 is 10.6 Å². The van der Waals surface area contributed by atoms with Gasteiger partial charge in [-0.3, -0.25) is 4.79 Å². The van der Waals surface area contributed by atoms with Crippen molar-refractivity contribution in [3.8, 4) is 0 Å². The van der Waals surface area contributed by atoms with Crippen LogP contribution in [0.2, 0.25) is 0 Å². The Labute approximate surface area is 147 Å². The Morgan fingerprint density at radius 1 is 1.12 bits per heavy atom. The highest BCUT2D eigenvalue weighted by Crippen LogP contribution is 2.31. The SMILES string of the molecule is Cc1c(C(=O)NC2CCNCC2)oc2c1ccc1ccccc12.Cl. The number of amides is 1. The van der Waals surface area contributed by atoms with Gasteiger partial charge < -0.3 is 15.1 Å². The summed E-state index contributed by atoms with van der Waals surface area (Å²) in [5, 5.41) is 9.61. The molecular formula is C19H21ClN2O2. The van der Waals surface area contributed by atoms with E-state index in [1.54, 1.807) is 0 Å². The number of hydrogen-bond donors (Lipinski definition) is 2. The molecule has 0 bridgehead atoms. The number of rotatable bonds is 2. The molecule has 2 aromatic carbocycles. The Morgan fingerprint density at radius 3 is 2.67 bits per heavy atom. The number of piperidine rings is 1. The number of hydrogen-bond acceptors (Lipinski definition) is 3. The summed E-state index contributed by atoms with van der Waals surface area (Å²) in [7, 11) is 0. The number of aryl methyl sites for hydroxylation is 1. The third-order valence-electron chi connectivity index (χ3n) is 4.71. The lowest BCUT2D eigenvalue weighted by molar-refractivity contribution is 0.0903. The normalized spacial score (nSPS) is 15.4. The Kier molecular flexibility index (Phi) is 4.78. The highest BCUT2D eigenvalue weighted by molar-refractivity contribution is 6.08. The average Bonchev–Trinajstić information content (AvgIpc) is 2.93. The van der Waals surface area contributed by atoms with E-state index in [2.05, 4.69) is 22.8 Å². The lowest BCUT2D eigenvalue weighted by Crippen LogP contribution is -2.42. The van der Waals surface area contributed by atoms with Gasteiger partial charge >= 0.3 is 0 Å². The van der Waals surface area contributed by atoms with Crippen LogP contribution in [-0.2, 0) is 0 Å². The van der Waals surface area contributed by atoms with Crippen molar-refractivity contribution >= 4 is 40.1 Å². The van der Waals surface area contributed by atoms with Crippen molar-refractivity contribution in [2.24, 2.45) is 0 Å². The molecule has 2 N–H and O–H groups in total. The first-order chi connectivity index (χ1) is 11.2. The summed E-state index contributed by atoms with van der Waals surface area (Å²) in [6, 6.07) is 12.4. The van der Waals surface area contributed by atoms with Crippen LogP contribution in [0.5, 0.6) is 0 Å². The first-order valence-electron chi connectivity index (χ1n) is 8.16. The quantitative estimate of drug-likeness (QED) is 0.743. The van der Waals surface area contributed by atoms with Crippen LogP contribution in [0.3, 0.4) is 0 Å². The summed E-state index contributed by atoms with van der Waals surface area (Å²) in [6.07, 6.45) is 1.93. The van der Waals surface area contributed by atoms with E-state index in [1.807, 2.05) is 31.2 Å². The number of furan rings is 1. The molecule has 1 aliphatic rings. The first kappa shape index (κ1) is 16.8. The highest BCUT2D eigenvalue weighted by Gasteiger charge is 2.22. The second-order valence-electron chi connectivity index (χ2n) is 6.22. The largest absolute Gasteiger partial charge is 0.450 e. The summed E-state index contributed by atoms with van der Waals surface area (Å²) in [5.74, 6) is 0.338. The van der Waals surface area contributed by atoms with Gasteiger partial charge in [0, 0.05) is 22.4 Å². The lowest BCUT2D eigenvalue weighted by atomic mass is 10.0. The van der Waals surface area contributed by atoms with Crippen LogP contribution in [-0.4, -0.2) is 25.0 Å². The van der Waals surface area contributed by atoms with Crippen molar-refractivity contribution in [3.63, 3.8) is 0 Å². The van der Waals surface area contributed by atoms with Gasteiger partial charge in [0.05, 0.1) is 0 Å². The van der Waals surface area contributed by atoms with E-state index in [-0.39, 0.29) is 24.4 Å². The molecular weight excluding hydrogens is 324 g/mol. The topological polar surface area (TPSA) is 54.3 Å². The van der Waals surface area contributed by atoms with E-state index in [0.717, 1.165) is 53.2 Å². The van der Waals surface area contributed by atoms with Crippen molar-refractivity contribution in [1.82, 2.24) is 10.6 Å².